The molecule has 0 bridgehead atoms. The van der Waals surface area contributed by atoms with E-state index in [2.05, 4.69) is 45.4 Å². The van der Waals surface area contributed by atoms with Gasteiger partial charge in [0.2, 0.25) is 5.91 Å². The minimum Gasteiger partial charge on any atom is -0.453 e. The molecule has 3 N–H and O–H groups in total. The highest BCUT2D eigenvalue weighted by atomic mass is 16.5. The number of amides is 2. The Hall–Kier alpha value is -3.29. The van der Waals surface area contributed by atoms with Gasteiger partial charge in [-0.05, 0) is 37.3 Å². The molecule has 8 nitrogen and oxygen atoms in total. The highest BCUT2D eigenvalue weighted by Crippen LogP contribution is 2.34. The Balaban J connectivity index is 1.60. The van der Waals surface area contributed by atoms with Gasteiger partial charge in [0, 0.05) is 23.7 Å². The van der Waals surface area contributed by atoms with Gasteiger partial charge in [-0.1, -0.05) is 26.0 Å². The van der Waals surface area contributed by atoms with Crippen molar-refractivity contribution >= 4 is 22.9 Å². The lowest BCUT2D eigenvalue weighted by atomic mass is 10.0. The number of nitrogens with zero attached hydrogens (tertiary/aromatic N) is 2. The Morgan fingerprint density at radius 3 is 2.84 bits per heavy atom. The van der Waals surface area contributed by atoms with E-state index >= 15 is 0 Å². The van der Waals surface area contributed by atoms with Gasteiger partial charge in [0.1, 0.15) is 11.9 Å². The van der Waals surface area contributed by atoms with E-state index in [-0.39, 0.29) is 17.9 Å². The predicted molar refractivity (Wildman–Crippen MR) is 118 cm³/mol. The lowest BCUT2D eigenvalue weighted by Gasteiger charge is -2.30. The molecular weight excluding hydrogens is 394 g/mol. The van der Waals surface area contributed by atoms with Gasteiger partial charge in [-0.25, -0.2) is 9.78 Å². The molecule has 1 aliphatic heterocycles. The number of methoxy groups -OCH3 is 1. The quantitative estimate of drug-likeness (QED) is 0.579. The number of H-pyrrole nitrogens is 2. The Bertz CT molecular complexity index is 1100. The number of carbonyl (C=O) groups is 2. The molecule has 2 amide bonds. The zero-order valence-corrected chi connectivity index (χ0v) is 18.4. The maximum atomic E-state index is 13.3. The van der Waals surface area contributed by atoms with Crippen molar-refractivity contribution in [1.29, 1.82) is 0 Å². The van der Waals surface area contributed by atoms with E-state index in [1.54, 1.807) is 0 Å². The maximum Gasteiger partial charge on any atom is 0.407 e. The van der Waals surface area contributed by atoms with Crippen LogP contribution in [0.2, 0.25) is 0 Å². The minimum atomic E-state index is -0.641. The largest absolute Gasteiger partial charge is 0.453 e. The number of hydrogen-bond donors (Lipinski definition) is 3. The number of rotatable bonds is 5. The van der Waals surface area contributed by atoms with Gasteiger partial charge in [0.05, 0.1) is 30.6 Å². The van der Waals surface area contributed by atoms with Crippen LogP contribution in [0.1, 0.15) is 44.1 Å². The number of hydrogen-bond acceptors (Lipinski definition) is 4. The smallest absolute Gasteiger partial charge is 0.407 e. The van der Waals surface area contributed by atoms with Crippen molar-refractivity contribution in [3.63, 3.8) is 0 Å². The first-order chi connectivity index (χ1) is 14.9. The van der Waals surface area contributed by atoms with E-state index in [1.165, 1.54) is 18.1 Å². The average Bonchev–Trinajstić information content (AvgIpc) is 3.51. The number of carbonyl (C=O) groups excluding carboxylic acids is 2. The molecule has 1 aliphatic rings. The average molecular weight is 424 g/mol. The van der Waals surface area contributed by atoms with Gasteiger partial charge in [-0.3, -0.25) is 4.79 Å². The maximum absolute atomic E-state index is 13.3. The van der Waals surface area contributed by atoms with Crippen LogP contribution in [0.3, 0.4) is 0 Å². The number of ether oxygens (including phenoxy) is 1. The monoisotopic (exact) mass is 423 g/mol. The summed E-state index contributed by atoms with van der Waals surface area (Å²) in [5.41, 5.74) is 4.24. The first kappa shape index (κ1) is 21.0. The molecule has 0 spiro atoms. The molecule has 31 heavy (non-hydrogen) atoms. The molecule has 8 heteroatoms. The molecule has 2 atom stereocenters. The van der Waals surface area contributed by atoms with E-state index in [9.17, 15) is 9.59 Å². The van der Waals surface area contributed by atoms with Crippen LogP contribution in [0, 0.1) is 12.8 Å². The van der Waals surface area contributed by atoms with Crippen molar-refractivity contribution in [3.05, 3.63) is 42.0 Å². The Morgan fingerprint density at radius 1 is 1.29 bits per heavy atom. The number of alkyl carbamates (subject to hydrolysis) is 1. The summed E-state index contributed by atoms with van der Waals surface area (Å²) in [4.78, 5) is 38.2. The Labute approximate surface area is 181 Å². The zero-order chi connectivity index (χ0) is 22.1. The van der Waals surface area contributed by atoms with Crippen molar-refractivity contribution in [2.24, 2.45) is 5.92 Å². The molecule has 164 valence electrons. The topological polar surface area (TPSA) is 103 Å². The van der Waals surface area contributed by atoms with Crippen molar-refractivity contribution in [2.75, 3.05) is 13.7 Å². The van der Waals surface area contributed by atoms with Crippen LogP contribution in [0.4, 0.5) is 4.79 Å². The molecule has 0 aliphatic carbocycles. The van der Waals surface area contributed by atoms with E-state index in [1.807, 2.05) is 31.1 Å². The lowest BCUT2D eigenvalue weighted by Crippen LogP contribution is -2.51. The fourth-order valence-corrected chi connectivity index (χ4v) is 4.36. The van der Waals surface area contributed by atoms with Crippen LogP contribution in [-0.4, -0.2) is 51.5 Å². The number of imidazole rings is 1. The third-order valence-corrected chi connectivity index (χ3v) is 6.07. The summed E-state index contributed by atoms with van der Waals surface area (Å²) in [5.74, 6) is 0.596. The first-order valence-corrected chi connectivity index (χ1v) is 10.7. The number of aryl methyl sites for hydroxylation is 1. The van der Waals surface area contributed by atoms with Crippen LogP contribution in [0.5, 0.6) is 0 Å². The SMILES string of the molecule is COC(=O)N[C@H](C(=O)N1CCC[C@H]1c1ncc(-c2ccc(C)c3cc[nH]c23)[nH]1)C(C)C. The molecule has 1 aromatic carbocycles. The van der Waals surface area contributed by atoms with Crippen molar-refractivity contribution in [3.8, 4) is 11.3 Å². The summed E-state index contributed by atoms with van der Waals surface area (Å²) in [6.07, 6.45) is 4.89. The van der Waals surface area contributed by atoms with Crippen LogP contribution >= 0.6 is 0 Å². The van der Waals surface area contributed by atoms with E-state index in [0.29, 0.717) is 6.54 Å². The van der Waals surface area contributed by atoms with Gasteiger partial charge < -0.3 is 24.9 Å². The molecule has 3 heterocycles. The van der Waals surface area contributed by atoms with Crippen LogP contribution in [-0.2, 0) is 9.53 Å². The summed E-state index contributed by atoms with van der Waals surface area (Å²) in [5, 5.41) is 3.86. The first-order valence-electron chi connectivity index (χ1n) is 10.7. The van der Waals surface area contributed by atoms with Crippen LogP contribution in [0.15, 0.2) is 30.6 Å². The van der Waals surface area contributed by atoms with E-state index in [0.717, 1.165) is 35.4 Å². The van der Waals surface area contributed by atoms with Gasteiger partial charge in [0.25, 0.3) is 0 Å². The molecule has 4 rings (SSSR count). The number of aromatic amines is 2. The number of benzene rings is 1. The molecule has 2 aromatic heterocycles. The fraction of sp³-hybridized carbons (Fsp3) is 0.435. The van der Waals surface area contributed by atoms with Crippen molar-refractivity contribution in [1.82, 2.24) is 25.2 Å². The number of likely N-dealkylation sites (tertiary alicyclic amines) is 1. The van der Waals surface area contributed by atoms with Crippen LogP contribution in [0.25, 0.3) is 22.2 Å². The molecule has 1 saturated heterocycles. The third-order valence-electron chi connectivity index (χ3n) is 6.07. The Kier molecular flexibility index (Phi) is 5.71. The summed E-state index contributed by atoms with van der Waals surface area (Å²) < 4.78 is 4.70. The number of nitrogens with one attached hydrogen (secondary N) is 3. The van der Waals surface area contributed by atoms with Crippen molar-refractivity contribution < 1.29 is 14.3 Å². The molecule has 0 saturated carbocycles. The summed E-state index contributed by atoms with van der Waals surface area (Å²) >= 11 is 0. The lowest BCUT2D eigenvalue weighted by molar-refractivity contribution is -0.135. The normalized spacial score (nSPS) is 17.3. The van der Waals surface area contributed by atoms with Gasteiger partial charge in [-0.2, -0.15) is 0 Å². The standard InChI is InChI=1S/C23H29N5O3/c1-13(2)19(27-23(30)31-4)22(29)28-11-5-6-18(28)21-25-12-17(26-21)16-8-7-14(3)15-9-10-24-20(15)16/h7-10,12-13,18-19,24H,5-6,11H2,1-4H3,(H,25,26)(H,27,30)/t18-,19-/m0/s1. The van der Waals surface area contributed by atoms with E-state index in [4.69, 9.17) is 4.74 Å². The van der Waals surface area contributed by atoms with Gasteiger partial charge in [0.15, 0.2) is 0 Å². The molecular formula is C23H29N5O3. The highest BCUT2D eigenvalue weighted by molar-refractivity contribution is 5.95. The highest BCUT2D eigenvalue weighted by Gasteiger charge is 2.37. The second-order valence-electron chi connectivity index (χ2n) is 8.43. The molecule has 3 aromatic rings. The fourth-order valence-electron chi connectivity index (χ4n) is 4.36. The van der Waals surface area contributed by atoms with Crippen molar-refractivity contribution in [2.45, 2.75) is 45.7 Å². The summed E-state index contributed by atoms with van der Waals surface area (Å²) in [6, 6.07) is 5.47. The van der Waals surface area contributed by atoms with Gasteiger partial charge in [-0.15, -0.1) is 0 Å². The molecule has 1 fully saturated rings. The van der Waals surface area contributed by atoms with E-state index < -0.39 is 12.1 Å². The Morgan fingerprint density at radius 2 is 2.10 bits per heavy atom. The van der Waals surface area contributed by atoms with Gasteiger partial charge >= 0.3 is 6.09 Å². The second kappa shape index (κ2) is 8.45. The van der Waals surface area contributed by atoms with Crippen LogP contribution < -0.4 is 5.32 Å². The molecule has 0 unspecified atom stereocenters. The number of aromatic nitrogens is 3. The predicted octanol–water partition coefficient (Wildman–Crippen LogP) is 3.91. The molecule has 0 radical (unpaired) electrons. The third kappa shape index (κ3) is 3.89. The summed E-state index contributed by atoms with van der Waals surface area (Å²) in [7, 11) is 1.30. The second-order valence-corrected chi connectivity index (χ2v) is 8.43. The minimum absolute atomic E-state index is 0.0614. The zero-order valence-electron chi connectivity index (χ0n) is 18.4. The number of fused-ring (bicyclic) bond motifs is 1. The summed E-state index contributed by atoms with van der Waals surface area (Å²) in [6.45, 7) is 6.55.